The van der Waals surface area contributed by atoms with Crippen molar-refractivity contribution in [3.05, 3.63) is 45.3 Å². The first-order valence-corrected chi connectivity index (χ1v) is 8.57. The summed E-state index contributed by atoms with van der Waals surface area (Å²) in [5.41, 5.74) is 0.955. The third-order valence-electron chi connectivity index (χ3n) is 3.18. The Morgan fingerprint density at radius 1 is 1.46 bits per heavy atom. The van der Waals surface area contributed by atoms with Gasteiger partial charge in [-0.25, -0.2) is 4.98 Å². The van der Waals surface area contributed by atoms with E-state index in [4.69, 9.17) is 16.3 Å². The summed E-state index contributed by atoms with van der Waals surface area (Å²) in [6, 6.07) is 6.44. The summed E-state index contributed by atoms with van der Waals surface area (Å²) in [5.74, 6) is 0.352. The number of aromatic amines is 1. The average molecular weight is 368 g/mol. The van der Waals surface area contributed by atoms with Crippen LogP contribution in [-0.2, 0) is 4.79 Å². The van der Waals surface area contributed by atoms with E-state index in [1.165, 1.54) is 24.9 Å². The number of hydrogen-bond donors (Lipinski definition) is 2. The number of nitrogens with one attached hydrogen (secondary N) is 2. The predicted molar refractivity (Wildman–Crippen MR) is 96.2 cm³/mol. The van der Waals surface area contributed by atoms with Gasteiger partial charge in [0.2, 0.25) is 5.91 Å². The number of amides is 1. The van der Waals surface area contributed by atoms with E-state index in [0.29, 0.717) is 33.7 Å². The van der Waals surface area contributed by atoms with E-state index >= 15 is 0 Å². The maximum absolute atomic E-state index is 12.5. The van der Waals surface area contributed by atoms with Crippen LogP contribution in [0.2, 0.25) is 5.02 Å². The number of carbonyl (C=O) groups excluding carboxylic acids is 1. The zero-order valence-electron chi connectivity index (χ0n) is 13.6. The highest BCUT2D eigenvalue weighted by Crippen LogP contribution is 2.28. The molecule has 0 bridgehead atoms. The second-order valence-electron chi connectivity index (χ2n) is 5.05. The number of hydrogen-bond acceptors (Lipinski definition) is 5. The van der Waals surface area contributed by atoms with Crippen molar-refractivity contribution in [1.82, 2.24) is 9.97 Å². The number of rotatable bonds is 6. The smallest absolute Gasteiger partial charge is 0.251 e. The molecule has 2 rings (SSSR count). The molecule has 6 nitrogen and oxygen atoms in total. The first-order valence-electron chi connectivity index (χ1n) is 7.32. The maximum Gasteiger partial charge on any atom is 0.251 e. The molecule has 1 unspecified atom stereocenters. The van der Waals surface area contributed by atoms with E-state index in [1.54, 1.807) is 25.1 Å². The van der Waals surface area contributed by atoms with Crippen molar-refractivity contribution in [2.45, 2.75) is 30.7 Å². The maximum atomic E-state index is 12.5. The standard InChI is InChI=1S/C16H18ClN3O3S/c1-4-13(24-16-18-9(2)7-14(21)20-16)15(22)19-10-5-6-12(23-3)11(17)8-10/h5-8,13H,4H2,1-3H3,(H,19,22)(H,18,20,21). The Bertz CT molecular complexity index is 794. The van der Waals surface area contributed by atoms with Crippen LogP contribution in [0.15, 0.2) is 34.2 Å². The molecule has 0 saturated carbocycles. The van der Waals surface area contributed by atoms with E-state index in [9.17, 15) is 9.59 Å². The van der Waals surface area contributed by atoms with Crippen LogP contribution in [0.5, 0.6) is 5.75 Å². The number of halogens is 1. The molecular formula is C16H18ClN3O3S. The molecule has 0 spiro atoms. The molecule has 2 aromatic rings. The summed E-state index contributed by atoms with van der Waals surface area (Å²) in [5, 5.41) is 3.27. The first kappa shape index (κ1) is 18.4. The topological polar surface area (TPSA) is 84.1 Å². The molecule has 2 N–H and O–H groups in total. The number of methoxy groups -OCH3 is 1. The number of anilines is 1. The Kier molecular flexibility index (Phi) is 6.28. The minimum absolute atomic E-state index is 0.187. The molecular weight excluding hydrogens is 350 g/mol. The number of thioether (sulfide) groups is 1. The van der Waals surface area contributed by atoms with Gasteiger partial charge < -0.3 is 15.0 Å². The molecule has 8 heteroatoms. The zero-order valence-corrected chi connectivity index (χ0v) is 15.1. The summed E-state index contributed by atoms with van der Waals surface area (Å²) in [6.07, 6.45) is 0.581. The van der Waals surface area contributed by atoms with Gasteiger partial charge in [-0.1, -0.05) is 30.3 Å². The Morgan fingerprint density at radius 2 is 2.21 bits per heavy atom. The van der Waals surface area contributed by atoms with E-state index in [2.05, 4.69) is 15.3 Å². The molecule has 0 fully saturated rings. The van der Waals surface area contributed by atoms with Crippen LogP contribution in [0.1, 0.15) is 19.0 Å². The largest absolute Gasteiger partial charge is 0.495 e. The van der Waals surface area contributed by atoms with Crippen molar-refractivity contribution >= 4 is 35.0 Å². The van der Waals surface area contributed by atoms with Gasteiger partial charge in [-0.15, -0.1) is 0 Å². The van der Waals surface area contributed by atoms with Crippen molar-refractivity contribution in [2.75, 3.05) is 12.4 Å². The molecule has 0 saturated heterocycles. The Labute approximate surface area is 149 Å². The predicted octanol–water partition coefficient (Wildman–Crippen LogP) is 3.25. The van der Waals surface area contributed by atoms with Crippen LogP contribution in [0.25, 0.3) is 0 Å². The summed E-state index contributed by atoms with van der Waals surface area (Å²) in [6.45, 7) is 3.63. The molecule has 1 heterocycles. The third-order valence-corrected chi connectivity index (χ3v) is 4.73. The summed E-state index contributed by atoms with van der Waals surface area (Å²) in [4.78, 5) is 30.8. The molecule has 1 amide bonds. The van der Waals surface area contributed by atoms with E-state index in [1.807, 2.05) is 6.92 Å². The molecule has 24 heavy (non-hydrogen) atoms. The Morgan fingerprint density at radius 3 is 2.79 bits per heavy atom. The number of benzene rings is 1. The fourth-order valence-corrected chi connectivity index (χ4v) is 3.25. The van der Waals surface area contributed by atoms with Crippen LogP contribution in [0, 0.1) is 6.92 Å². The number of aryl methyl sites for hydroxylation is 1. The quantitative estimate of drug-likeness (QED) is 0.604. The van der Waals surface area contributed by atoms with Crippen LogP contribution in [-0.4, -0.2) is 28.2 Å². The lowest BCUT2D eigenvalue weighted by molar-refractivity contribution is -0.115. The van der Waals surface area contributed by atoms with Gasteiger partial charge in [0.05, 0.1) is 17.4 Å². The fraction of sp³-hybridized carbons (Fsp3) is 0.312. The van der Waals surface area contributed by atoms with Gasteiger partial charge in [0, 0.05) is 17.4 Å². The molecule has 1 aromatic heterocycles. The van der Waals surface area contributed by atoms with Crippen molar-refractivity contribution in [1.29, 1.82) is 0 Å². The van der Waals surface area contributed by atoms with Gasteiger partial charge in [-0.3, -0.25) is 9.59 Å². The highest BCUT2D eigenvalue weighted by molar-refractivity contribution is 8.00. The number of H-pyrrole nitrogens is 1. The van der Waals surface area contributed by atoms with Gasteiger partial charge in [0.1, 0.15) is 5.75 Å². The normalized spacial score (nSPS) is 11.8. The van der Waals surface area contributed by atoms with Crippen LogP contribution in [0.4, 0.5) is 5.69 Å². The number of aromatic nitrogens is 2. The number of nitrogens with zero attached hydrogens (tertiary/aromatic N) is 1. The summed E-state index contributed by atoms with van der Waals surface area (Å²) < 4.78 is 5.08. The van der Waals surface area contributed by atoms with Crippen molar-refractivity contribution in [2.24, 2.45) is 0 Å². The highest BCUT2D eigenvalue weighted by atomic mass is 35.5. The van der Waals surface area contributed by atoms with E-state index < -0.39 is 5.25 Å². The lowest BCUT2D eigenvalue weighted by atomic mass is 10.2. The highest BCUT2D eigenvalue weighted by Gasteiger charge is 2.20. The Balaban J connectivity index is 2.11. The zero-order chi connectivity index (χ0) is 17.7. The van der Waals surface area contributed by atoms with Gasteiger partial charge in [-0.05, 0) is 31.5 Å². The molecule has 1 aromatic carbocycles. The second kappa shape index (κ2) is 8.21. The molecule has 0 aliphatic heterocycles. The van der Waals surface area contributed by atoms with Crippen molar-refractivity contribution < 1.29 is 9.53 Å². The van der Waals surface area contributed by atoms with Gasteiger partial charge in [0.25, 0.3) is 5.56 Å². The monoisotopic (exact) mass is 367 g/mol. The van der Waals surface area contributed by atoms with Crippen LogP contribution >= 0.6 is 23.4 Å². The van der Waals surface area contributed by atoms with Gasteiger partial charge in [-0.2, -0.15) is 0 Å². The minimum Gasteiger partial charge on any atom is -0.495 e. The Hall–Kier alpha value is -1.99. The first-order chi connectivity index (χ1) is 11.4. The van der Waals surface area contributed by atoms with Crippen LogP contribution in [0.3, 0.4) is 0 Å². The SMILES string of the molecule is CCC(Sc1nc(C)cc(=O)[nH]1)C(=O)Nc1ccc(OC)c(Cl)c1. The average Bonchev–Trinajstić information content (AvgIpc) is 2.51. The summed E-state index contributed by atoms with van der Waals surface area (Å²) in [7, 11) is 1.53. The fourth-order valence-electron chi connectivity index (χ4n) is 2.03. The lowest BCUT2D eigenvalue weighted by Crippen LogP contribution is -2.25. The van der Waals surface area contributed by atoms with E-state index in [0.717, 1.165) is 0 Å². The van der Waals surface area contributed by atoms with E-state index in [-0.39, 0.29) is 11.5 Å². The van der Waals surface area contributed by atoms with Crippen molar-refractivity contribution in [3.8, 4) is 5.75 Å². The molecule has 1 atom stereocenters. The number of ether oxygens (including phenoxy) is 1. The van der Waals surface area contributed by atoms with Crippen molar-refractivity contribution in [3.63, 3.8) is 0 Å². The lowest BCUT2D eigenvalue weighted by Gasteiger charge is -2.15. The van der Waals surface area contributed by atoms with Crippen LogP contribution < -0.4 is 15.6 Å². The molecule has 128 valence electrons. The molecule has 0 aliphatic rings. The van der Waals surface area contributed by atoms with Gasteiger partial charge >= 0.3 is 0 Å². The number of carbonyl (C=O) groups is 1. The van der Waals surface area contributed by atoms with Gasteiger partial charge in [0.15, 0.2) is 5.16 Å². The minimum atomic E-state index is -0.393. The molecule has 0 aliphatic carbocycles. The summed E-state index contributed by atoms with van der Waals surface area (Å²) >= 11 is 7.28. The second-order valence-corrected chi connectivity index (χ2v) is 6.64. The molecule has 0 radical (unpaired) electrons. The third kappa shape index (κ3) is 4.75.